The molecule has 0 unspecified atom stereocenters. The van der Waals surface area contributed by atoms with E-state index in [0.29, 0.717) is 38.7 Å². The van der Waals surface area contributed by atoms with Crippen molar-refractivity contribution in [3.63, 3.8) is 0 Å². The minimum atomic E-state index is -0.349. The highest BCUT2D eigenvalue weighted by Gasteiger charge is 2.13. The van der Waals surface area contributed by atoms with E-state index in [2.05, 4.69) is 9.97 Å². The molecule has 2 heterocycles. The molecule has 138 valence electrons. The van der Waals surface area contributed by atoms with Gasteiger partial charge in [-0.2, -0.15) is 0 Å². The summed E-state index contributed by atoms with van der Waals surface area (Å²) in [5.74, 6) is 0.0250. The Morgan fingerprint density at radius 2 is 1.89 bits per heavy atom. The molecule has 0 aliphatic heterocycles. The number of pyridine rings is 1. The molecular weight excluding hydrogens is 377 g/mol. The molecule has 0 aliphatic carbocycles. The molecule has 0 bridgehead atoms. The smallest absolute Gasteiger partial charge is 0.266 e. The molecule has 0 radical (unpaired) electrons. The molecule has 2 aromatic carbocycles. The maximum absolute atomic E-state index is 14.0. The third-order valence-electron chi connectivity index (χ3n) is 4.39. The van der Waals surface area contributed by atoms with Crippen LogP contribution >= 0.6 is 11.6 Å². The maximum atomic E-state index is 14.0. The van der Waals surface area contributed by atoms with Gasteiger partial charge in [-0.3, -0.25) is 14.3 Å². The Bertz CT molecular complexity index is 1280. The number of fused-ring (bicyclic) bond motifs is 1. The van der Waals surface area contributed by atoms with Crippen molar-refractivity contribution in [3.05, 3.63) is 99.1 Å². The van der Waals surface area contributed by atoms with Crippen molar-refractivity contribution >= 4 is 34.7 Å². The summed E-state index contributed by atoms with van der Waals surface area (Å²) < 4.78 is 15.5. The predicted octanol–water partition coefficient (Wildman–Crippen LogP) is 5.05. The second-order valence-corrected chi connectivity index (χ2v) is 6.67. The molecule has 0 spiro atoms. The lowest BCUT2D eigenvalue weighted by molar-refractivity contribution is 0.625. The Labute approximate surface area is 165 Å². The maximum Gasteiger partial charge on any atom is 0.266 e. The summed E-state index contributed by atoms with van der Waals surface area (Å²) >= 11 is 6.07. The molecule has 4 nitrogen and oxygen atoms in total. The van der Waals surface area contributed by atoms with Crippen LogP contribution in [0, 0.1) is 12.7 Å². The number of hydrogen-bond acceptors (Lipinski definition) is 3. The first-order valence-electron chi connectivity index (χ1n) is 8.61. The van der Waals surface area contributed by atoms with E-state index in [4.69, 9.17) is 11.6 Å². The van der Waals surface area contributed by atoms with E-state index in [9.17, 15) is 9.18 Å². The van der Waals surface area contributed by atoms with Crippen LogP contribution in [0.15, 0.2) is 65.6 Å². The molecule has 0 atom stereocenters. The third kappa shape index (κ3) is 3.32. The topological polar surface area (TPSA) is 47.8 Å². The number of halogens is 2. The first kappa shape index (κ1) is 18.1. The van der Waals surface area contributed by atoms with Crippen molar-refractivity contribution in [1.82, 2.24) is 14.5 Å². The highest BCUT2D eigenvalue weighted by Crippen LogP contribution is 2.20. The van der Waals surface area contributed by atoms with Crippen LogP contribution in [-0.4, -0.2) is 14.5 Å². The fourth-order valence-electron chi connectivity index (χ4n) is 3.01. The standard InChI is InChI=1S/C22H15ClFN3O/c1-14-20(7-4-12-25-14)27-21(11-8-15-5-2-3-6-18(15)24)26-19-10-9-16(23)13-17(19)22(27)28/h2-13H,1H3. The monoisotopic (exact) mass is 391 g/mol. The quantitative estimate of drug-likeness (QED) is 0.491. The molecular formula is C22H15ClFN3O. The minimum absolute atomic E-state index is 0.267. The molecule has 4 aromatic rings. The van der Waals surface area contributed by atoms with Crippen LogP contribution < -0.4 is 5.56 Å². The van der Waals surface area contributed by atoms with Crippen LogP contribution in [0.2, 0.25) is 5.02 Å². The van der Waals surface area contributed by atoms with E-state index in [1.165, 1.54) is 10.6 Å². The van der Waals surface area contributed by atoms with Gasteiger partial charge in [0, 0.05) is 16.8 Å². The lowest BCUT2D eigenvalue weighted by atomic mass is 10.2. The molecule has 0 amide bonds. The molecule has 0 fully saturated rings. The van der Waals surface area contributed by atoms with Crippen LogP contribution in [0.25, 0.3) is 28.7 Å². The van der Waals surface area contributed by atoms with Crippen molar-refractivity contribution in [1.29, 1.82) is 0 Å². The Morgan fingerprint density at radius 3 is 2.68 bits per heavy atom. The second kappa shape index (κ2) is 7.37. The number of aryl methyl sites for hydroxylation is 1. The fourth-order valence-corrected chi connectivity index (χ4v) is 3.18. The number of rotatable bonds is 3. The van der Waals surface area contributed by atoms with Gasteiger partial charge in [-0.05, 0) is 55.5 Å². The Balaban J connectivity index is 2.00. The molecule has 0 saturated heterocycles. The zero-order valence-electron chi connectivity index (χ0n) is 14.9. The largest absolute Gasteiger partial charge is 0.268 e. The second-order valence-electron chi connectivity index (χ2n) is 6.23. The van der Waals surface area contributed by atoms with E-state index in [0.717, 1.165) is 0 Å². The van der Waals surface area contributed by atoms with Gasteiger partial charge < -0.3 is 0 Å². The predicted molar refractivity (Wildman–Crippen MR) is 110 cm³/mol. The van der Waals surface area contributed by atoms with Crippen molar-refractivity contribution in [3.8, 4) is 5.69 Å². The summed E-state index contributed by atoms with van der Waals surface area (Å²) in [6.07, 6.45) is 4.88. The Kier molecular flexibility index (Phi) is 4.75. The molecule has 0 saturated carbocycles. The van der Waals surface area contributed by atoms with Gasteiger partial charge in [0.2, 0.25) is 0 Å². The number of hydrogen-bond donors (Lipinski definition) is 0. The lowest BCUT2D eigenvalue weighted by Gasteiger charge is -2.13. The van der Waals surface area contributed by atoms with Crippen molar-refractivity contribution < 1.29 is 4.39 Å². The van der Waals surface area contributed by atoms with Gasteiger partial charge in [0.05, 0.1) is 22.3 Å². The van der Waals surface area contributed by atoms with E-state index in [-0.39, 0.29) is 11.4 Å². The van der Waals surface area contributed by atoms with Gasteiger partial charge in [0.15, 0.2) is 0 Å². The average molecular weight is 392 g/mol. The third-order valence-corrected chi connectivity index (χ3v) is 4.63. The summed E-state index contributed by atoms with van der Waals surface area (Å²) in [7, 11) is 0. The minimum Gasteiger partial charge on any atom is -0.268 e. The van der Waals surface area contributed by atoms with E-state index in [1.807, 2.05) is 6.92 Å². The zero-order valence-corrected chi connectivity index (χ0v) is 15.7. The number of nitrogens with zero attached hydrogens (tertiary/aromatic N) is 3. The van der Waals surface area contributed by atoms with Crippen LogP contribution in [0.3, 0.4) is 0 Å². The van der Waals surface area contributed by atoms with Crippen molar-refractivity contribution in [2.24, 2.45) is 0 Å². The molecule has 28 heavy (non-hydrogen) atoms. The van der Waals surface area contributed by atoms with Crippen LogP contribution in [0.1, 0.15) is 17.1 Å². The SMILES string of the molecule is Cc1ncccc1-n1c(C=Cc2ccccc2F)nc2ccc(Cl)cc2c1=O. The van der Waals surface area contributed by atoms with E-state index >= 15 is 0 Å². The fraction of sp³-hybridized carbons (Fsp3) is 0.0455. The van der Waals surface area contributed by atoms with Gasteiger partial charge in [-0.25, -0.2) is 9.37 Å². The van der Waals surface area contributed by atoms with Crippen LogP contribution in [-0.2, 0) is 0 Å². The Morgan fingerprint density at radius 1 is 1.07 bits per heavy atom. The van der Waals surface area contributed by atoms with Crippen LogP contribution in [0.5, 0.6) is 0 Å². The molecule has 0 N–H and O–H groups in total. The number of benzene rings is 2. The zero-order chi connectivity index (χ0) is 19.7. The van der Waals surface area contributed by atoms with Crippen molar-refractivity contribution in [2.45, 2.75) is 6.92 Å². The normalized spacial score (nSPS) is 11.4. The molecule has 2 aromatic heterocycles. The van der Waals surface area contributed by atoms with E-state index < -0.39 is 0 Å². The van der Waals surface area contributed by atoms with Gasteiger partial charge >= 0.3 is 0 Å². The highest BCUT2D eigenvalue weighted by atomic mass is 35.5. The van der Waals surface area contributed by atoms with Gasteiger partial charge in [0.25, 0.3) is 5.56 Å². The molecule has 0 aliphatic rings. The first-order valence-corrected chi connectivity index (χ1v) is 8.99. The summed E-state index contributed by atoms with van der Waals surface area (Å²) in [6.45, 7) is 1.81. The number of aromatic nitrogens is 3. The lowest BCUT2D eigenvalue weighted by Crippen LogP contribution is -2.23. The first-order chi connectivity index (χ1) is 13.5. The molecule has 4 rings (SSSR count). The van der Waals surface area contributed by atoms with Gasteiger partial charge in [0.1, 0.15) is 11.6 Å². The summed E-state index contributed by atoms with van der Waals surface area (Å²) in [4.78, 5) is 22.1. The highest BCUT2D eigenvalue weighted by molar-refractivity contribution is 6.31. The Hall–Kier alpha value is -3.31. The van der Waals surface area contributed by atoms with Crippen LogP contribution in [0.4, 0.5) is 4.39 Å². The average Bonchev–Trinajstić information content (AvgIpc) is 2.69. The van der Waals surface area contributed by atoms with Gasteiger partial charge in [-0.15, -0.1) is 0 Å². The molecule has 6 heteroatoms. The summed E-state index contributed by atoms with van der Waals surface area (Å²) in [6, 6.07) is 14.9. The summed E-state index contributed by atoms with van der Waals surface area (Å²) in [5, 5.41) is 0.856. The van der Waals surface area contributed by atoms with E-state index in [1.54, 1.807) is 66.9 Å². The summed E-state index contributed by atoms with van der Waals surface area (Å²) in [5.41, 5.74) is 1.93. The van der Waals surface area contributed by atoms with Crippen molar-refractivity contribution in [2.75, 3.05) is 0 Å². The van der Waals surface area contributed by atoms with Gasteiger partial charge in [-0.1, -0.05) is 29.8 Å².